The third-order valence-electron chi connectivity index (χ3n) is 4.00. The summed E-state index contributed by atoms with van der Waals surface area (Å²) in [5.41, 5.74) is 0.684. The minimum absolute atomic E-state index is 0.123. The molecule has 1 aromatic heterocycles. The maximum Gasteiger partial charge on any atom is 0.178 e. The van der Waals surface area contributed by atoms with Crippen molar-refractivity contribution < 1.29 is 13.2 Å². The van der Waals surface area contributed by atoms with Crippen molar-refractivity contribution >= 4 is 44.7 Å². The number of fused-ring (bicyclic) bond motifs is 1. The highest BCUT2D eigenvalue weighted by atomic mass is 79.9. The van der Waals surface area contributed by atoms with E-state index in [9.17, 15) is 8.42 Å². The summed E-state index contributed by atoms with van der Waals surface area (Å²) in [4.78, 5) is 0.365. The molecule has 2 rings (SSSR count). The summed E-state index contributed by atoms with van der Waals surface area (Å²) in [7, 11) is -4.43. The molecule has 146 valence electrons. The van der Waals surface area contributed by atoms with Crippen molar-refractivity contribution in [2.45, 2.75) is 58.1 Å². The Morgan fingerprint density at radius 2 is 1.85 bits per heavy atom. The summed E-state index contributed by atoms with van der Waals surface area (Å²) in [5.74, 6) is 0.123. The molecule has 0 radical (unpaired) electrons. The van der Waals surface area contributed by atoms with Crippen LogP contribution in [0.4, 0.5) is 0 Å². The number of hydrogen-bond donors (Lipinski definition) is 0. The molecule has 1 heterocycles. The number of benzene rings is 1. The Morgan fingerprint density at radius 1 is 1.19 bits per heavy atom. The molecule has 0 fully saturated rings. The minimum Gasteiger partial charge on any atom is -0.361 e. The Hall–Kier alpha value is -0.633. The Morgan fingerprint density at radius 3 is 2.42 bits per heavy atom. The summed E-state index contributed by atoms with van der Waals surface area (Å²) in [6.45, 7) is 14.0. The van der Waals surface area contributed by atoms with Crippen LogP contribution in [0.1, 0.15) is 20.8 Å². The van der Waals surface area contributed by atoms with Gasteiger partial charge in [0.05, 0.1) is 16.2 Å². The maximum absolute atomic E-state index is 12.7. The molecular formula is C19H30BrNO3SSi. The van der Waals surface area contributed by atoms with E-state index in [1.807, 2.05) is 37.6 Å². The minimum atomic E-state index is -3.33. The molecule has 0 saturated heterocycles. The number of rotatable bonds is 7. The zero-order valence-electron chi connectivity index (χ0n) is 16.6. The van der Waals surface area contributed by atoms with Crippen molar-refractivity contribution in [3.63, 3.8) is 0 Å². The molecule has 2 aromatic rings. The van der Waals surface area contributed by atoms with Gasteiger partial charge in [0, 0.05) is 30.7 Å². The molecule has 1 aromatic carbocycles. The summed E-state index contributed by atoms with van der Waals surface area (Å²) in [6, 6.07) is 6.54. The topological polar surface area (TPSA) is 48.3 Å². The molecule has 26 heavy (non-hydrogen) atoms. The van der Waals surface area contributed by atoms with Crippen LogP contribution in [-0.4, -0.2) is 33.4 Å². The zero-order chi connectivity index (χ0) is 19.8. The van der Waals surface area contributed by atoms with E-state index in [0.717, 1.165) is 28.0 Å². The second-order valence-corrected chi connectivity index (χ2v) is 17.8. The second kappa shape index (κ2) is 7.77. The van der Waals surface area contributed by atoms with Crippen LogP contribution in [0.15, 0.2) is 33.8 Å². The van der Waals surface area contributed by atoms with Crippen LogP contribution in [0, 0.1) is 5.41 Å². The molecule has 0 spiro atoms. The molecule has 7 heteroatoms. The summed E-state index contributed by atoms with van der Waals surface area (Å²) >= 11 is 3.56. The third-order valence-corrected chi connectivity index (χ3v) is 8.51. The first-order valence-corrected chi connectivity index (χ1v) is 15.0. The Labute approximate surface area is 167 Å². The van der Waals surface area contributed by atoms with Gasteiger partial charge in [0.25, 0.3) is 0 Å². The van der Waals surface area contributed by atoms with Gasteiger partial charge in [0.1, 0.15) is 6.73 Å². The fourth-order valence-corrected chi connectivity index (χ4v) is 6.27. The smallest absolute Gasteiger partial charge is 0.178 e. The van der Waals surface area contributed by atoms with Crippen molar-refractivity contribution in [2.75, 3.05) is 12.4 Å². The average molecular weight is 461 g/mol. The predicted octanol–water partition coefficient (Wildman–Crippen LogP) is 5.54. The molecule has 0 N–H and O–H groups in total. The fraction of sp³-hybridized carbons (Fsp3) is 0.579. The van der Waals surface area contributed by atoms with Crippen molar-refractivity contribution in [3.8, 4) is 0 Å². The predicted molar refractivity (Wildman–Crippen MR) is 115 cm³/mol. The second-order valence-electron chi connectivity index (χ2n) is 9.30. The number of hydrogen-bond acceptors (Lipinski definition) is 3. The SMILES string of the molecule is CC(C)(C)CS(=O)(=O)c1cc(Br)c2c(ccn2COCC[Si](C)(C)C)c1. The average Bonchev–Trinajstić information content (AvgIpc) is 2.83. The Balaban J connectivity index is 2.23. The van der Waals surface area contributed by atoms with Crippen LogP contribution >= 0.6 is 15.9 Å². The van der Waals surface area contributed by atoms with Gasteiger partial charge in [-0.3, -0.25) is 0 Å². The van der Waals surface area contributed by atoms with Gasteiger partial charge in [0.2, 0.25) is 0 Å². The largest absolute Gasteiger partial charge is 0.361 e. The van der Waals surface area contributed by atoms with E-state index in [-0.39, 0.29) is 11.2 Å². The van der Waals surface area contributed by atoms with Gasteiger partial charge in [-0.25, -0.2) is 8.42 Å². The molecule has 0 unspecified atom stereocenters. The molecular weight excluding hydrogens is 430 g/mol. The molecule has 0 aliphatic rings. The van der Waals surface area contributed by atoms with Gasteiger partial charge < -0.3 is 9.30 Å². The van der Waals surface area contributed by atoms with E-state index in [1.165, 1.54) is 0 Å². The summed E-state index contributed by atoms with van der Waals surface area (Å²) in [6.07, 6.45) is 1.95. The first-order valence-electron chi connectivity index (χ1n) is 8.87. The lowest BCUT2D eigenvalue weighted by atomic mass is 10.0. The number of aromatic nitrogens is 1. The van der Waals surface area contributed by atoms with Gasteiger partial charge in [0.15, 0.2) is 9.84 Å². The molecule has 0 bridgehead atoms. The first kappa shape index (κ1) is 21.7. The molecule has 0 atom stereocenters. The lowest BCUT2D eigenvalue weighted by Gasteiger charge is -2.18. The van der Waals surface area contributed by atoms with Crippen LogP contribution in [0.3, 0.4) is 0 Å². The third kappa shape index (κ3) is 5.94. The van der Waals surface area contributed by atoms with Crippen LogP contribution in [0.2, 0.25) is 25.7 Å². The van der Waals surface area contributed by atoms with Crippen molar-refractivity contribution in [1.29, 1.82) is 0 Å². The quantitative estimate of drug-likeness (QED) is 0.403. The van der Waals surface area contributed by atoms with Gasteiger partial charge in [-0.15, -0.1) is 0 Å². The highest BCUT2D eigenvalue weighted by molar-refractivity contribution is 9.10. The van der Waals surface area contributed by atoms with E-state index < -0.39 is 17.9 Å². The summed E-state index contributed by atoms with van der Waals surface area (Å²) in [5, 5.41) is 0.903. The maximum atomic E-state index is 12.7. The summed E-state index contributed by atoms with van der Waals surface area (Å²) < 4.78 is 34.0. The van der Waals surface area contributed by atoms with Gasteiger partial charge in [-0.1, -0.05) is 40.4 Å². The van der Waals surface area contributed by atoms with Gasteiger partial charge >= 0.3 is 0 Å². The Kier molecular flexibility index (Phi) is 6.48. The zero-order valence-corrected chi connectivity index (χ0v) is 20.0. The van der Waals surface area contributed by atoms with Gasteiger partial charge in [-0.05, 0) is 45.6 Å². The number of halogens is 1. The van der Waals surface area contributed by atoms with E-state index in [1.54, 1.807) is 12.1 Å². The highest BCUT2D eigenvalue weighted by Crippen LogP contribution is 2.31. The molecule has 0 amide bonds. The lowest BCUT2D eigenvalue weighted by Crippen LogP contribution is -2.22. The molecule has 0 aliphatic heterocycles. The van der Waals surface area contributed by atoms with Crippen LogP contribution < -0.4 is 0 Å². The molecule has 0 saturated carbocycles. The molecule has 0 aliphatic carbocycles. The first-order chi connectivity index (χ1) is 11.8. The fourth-order valence-electron chi connectivity index (χ4n) is 2.75. The number of nitrogens with zero attached hydrogens (tertiary/aromatic N) is 1. The van der Waals surface area contributed by atoms with Crippen LogP contribution in [0.25, 0.3) is 10.9 Å². The Bertz CT molecular complexity index is 877. The molecule has 4 nitrogen and oxygen atoms in total. The standard InChI is InChI=1S/C19H30BrNO3SSi/c1-19(2,3)13-25(22,23)16-11-15-7-8-21(18(15)17(20)12-16)14-24-9-10-26(4,5)6/h7-8,11-12H,9-10,13-14H2,1-6H3. The highest BCUT2D eigenvalue weighted by Gasteiger charge is 2.24. The number of ether oxygens (including phenoxy) is 1. The lowest BCUT2D eigenvalue weighted by molar-refractivity contribution is 0.0902. The van der Waals surface area contributed by atoms with Gasteiger partial charge in [-0.2, -0.15) is 0 Å². The number of sulfone groups is 1. The van der Waals surface area contributed by atoms with E-state index in [4.69, 9.17) is 4.74 Å². The van der Waals surface area contributed by atoms with E-state index in [2.05, 4.69) is 35.6 Å². The van der Waals surface area contributed by atoms with E-state index in [0.29, 0.717) is 11.6 Å². The van der Waals surface area contributed by atoms with Crippen molar-refractivity contribution in [2.24, 2.45) is 5.41 Å². The van der Waals surface area contributed by atoms with Crippen LogP contribution in [-0.2, 0) is 21.3 Å². The van der Waals surface area contributed by atoms with E-state index >= 15 is 0 Å². The normalized spacial score (nSPS) is 13.5. The monoisotopic (exact) mass is 459 g/mol. The van der Waals surface area contributed by atoms with Crippen molar-refractivity contribution in [1.82, 2.24) is 4.57 Å². The van der Waals surface area contributed by atoms with Crippen molar-refractivity contribution in [3.05, 3.63) is 28.9 Å². The van der Waals surface area contributed by atoms with Crippen LogP contribution in [0.5, 0.6) is 0 Å².